The molecule has 2 fully saturated rings. The fourth-order valence-electron chi connectivity index (χ4n) is 4.58. The number of ether oxygens (including phenoxy) is 1. The highest BCUT2D eigenvalue weighted by Crippen LogP contribution is 2.47. The van der Waals surface area contributed by atoms with Gasteiger partial charge in [-0.25, -0.2) is 9.18 Å². The van der Waals surface area contributed by atoms with Gasteiger partial charge in [0.25, 0.3) is 5.56 Å². The second-order valence-corrected chi connectivity index (χ2v) is 10.5. The fraction of sp³-hybridized carbons (Fsp3) is 0.417. The Morgan fingerprint density at radius 3 is 2.77 bits per heavy atom. The molecule has 35 heavy (non-hydrogen) atoms. The number of amides is 1. The summed E-state index contributed by atoms with van der Waals surface area (Å²) in [6.45, 7) is 0.640. The van der Waals surface area contributed by atoms with Crippen LogP contribution in [0, 0.1) is 22.6 Å². The zero-order chi connectivity index (χ0) is 24.9. The third-order valence-electron chi connectivity index (χ3n) is 6.73. The van der Waals surface area contributed by atoms with E-state index < -0.39 is 28.5 Å². The largest absolute Gasteiger partial charge is 0.494 e. The van der Waals surface area contributed by atoms with Gasteiger partial charge in [-0.2, -0.15) is 5.26 Å². The van der Waals surface area contributed by atoms with Gasteiger partial charge >= 0.3 is 5.69 Å². The molecule has 1 atom stereocenters. The Morgan fingerprint density at radius 1 is 1.31 bits per heavy atom. The van der Waals surface area contributed by atoms with Gasteiger partial charge in [-0.1, -0.05) is 11.6 Å². The summed E-state index contributed by atoms with van der Waals surface area (Å²) >= 11 is 7.47. The lowest BCUT2D eigenvalue weighted by molar-refractivity contribution is -0.121. The molecule has 0 bridgehead atoms. The van der Waals surface area contributed by atoms with Crippen LogP contribution in [0.4, 0.5) is 4.39 Å². The van der Waals surface area contributed by atoms with Crippen LogP contribution >= 0.6 is 22.9 Å². The molecular weight excluding hydrogens is 495 g/mol. The lowest BCUT2D eigenvalue weighted by atomic mass is 10.1. The molecule has 5 rings (SSSR count). The SMILES string of the molecule is COc1cc(-c2cc3c(s2)c(=O)n([C@@H]2CCCNC(=O)C2)c(=O)n3CC2(C#N)CC2)c(Cl)cc1F. The Bertz CT molecular complexity index is 1510. The molecule has 0 spiro atoms. The number of fused-ring (bicyclic) bond motifs is 1. The zero-order valence-corrected chi connectivity index (χ0v) is 20.5. The van der Waals surface area contributed by atoms with Gasteiger partial charge in [-0.3, -0.25) is 18.7 Å². The minimum Gasteiger partial charge on any atom is -0.494 e. The number of nitrogens with one attached hydrogen (secondary N) is 1. The molecule has 1 amide bonds. The maximum Gasteiger partial charge on any atom is 0.331 e. The van der Waals surface area contributed by atoms with Crippen molar-refractivity contribution < 1.29 is 13.9 Å². The Balaban J connectivity index is 1.75. The average Bonchev–Trinajstić information content (AvgIpc) is 3.52. The van der Waals surface area contributed by atoms with Gasteiger partial charge in [0.1, 0.15) is 4.70 Å². The monoisotopic (exact) mass is 516 g/mol. The number of benzene rings is 1. The number of carbonyl (C=O) groups is 1. The summed E-state index contributed by atoms with van der Waals surface area (Å²) < 4.78 is 22.2. The van der Waals surface area contributed by atoms with Crippen LogP contribution in [0.5, 0.6) is 5.75 Å². The van der Waals surface area contributed by atoms with E-state index in [1.807, 2.05) is 0 Å². The first-order valence-electron chi connectivity index (χ1n) is 11.3. The van der Waals surface area contributed by atoms with E-state index in [1.165, 1.54) is 22.3 Å². The molecular formula is C24H22ClFN4O4S. The Kier molecular flexibility index (Phi) is 5.93. The van der Waals surface area contributed by atoms with Crippen molar-refractivity contribution in [1.29, 1.82) is 5.26 Å². The van der Waals surface area contributed by atoms with Crippen LogP contribution in [0.3, 0.4) is 0 Å². The molecule has 1 N–H and O–H groups in total. The van der Waals surface area contributed by atoms with Crippen LogP contribution in [0.2, 0.25) is 5.02 Å². The van der Waals surface area contributed by atoms with Crippen molar-refractivity contribution >= 4 is 39.1 Å². The molecule has 182 valence electrons. The maximum absolute atomic E-state index is 14.1. The van der Waals surface area contributed by atoms with Crippen molar-refractivity contribution in [2.75, 3.05) is 13.7 Å². The summed E-state index contributed by atoms with van der Waals surface area (Å²) in [7, 11) is 1.34. The molecule has 1 aromatic carbocycles. The Labute approximate surface area is 208 Å². The van der Waals surface area contributed by atoms with E-state index >= 15 is 0 Å². The number of nitrogens with zero attached hydrogens (tertiary/aromatic N) is 3. The van der Waals surface area contributed by atoms with E-state index in [9.17, 15) is 24.0 Å². The molecule has 2 aliphatic rings. The smallest absolute Gasteiger partial charge is 0.331 e. The number of thiophene rings is 1. The molecule has 3 aromatic rings. The third kappa shape index (κ3) is 4.13. The zero-order valence-electron chi connectivity index (χ0n) is 18.9. The highest BCUT2D eigenvalue weighted by Gasteiger charge is 2.44. The molecule has 0 radical (unpaired) electrons. The number of hydrogen-bond acceptors (Lipinski definition) is 6. The minimum absolute atomic E-state index is 0.00235. The Morgan fingerprint density at radius 2 is 2.09 bits per heavy atom. The molecule has 1 saturated heterocycles. The highest BCUT2D eigenvalue weighted by molar-refractivity contribution is 7.22. The number of methoxy groups -OCH3 is 1. The number of carbonyl (C=O) groups excluding carboxylic acids is 1. The summed E-state index contributed by atoms with van der Waals surface area (Å²) in [6.07, 6.45) is 2.51. The van der Waals surface area contributed by atoms with Gasteiger partial charge in [0.05, 0.1) is 35.2 Å². The lowest BCUT2D eigenvalue weighted by Crippen LogP contribution is -2.43. The highest BCUT2D eigenvalue weighted by atomic mass is 35.5. The van der Waals surface area contributed by atoms with E-state index in [2.05, 4.69) is 11.4 Å². The predicted molar refractivity (Wildman–Crippen MR) is 130 cm³/mol. The van der Waals surface area contributed by atoms with Crippen molar-refractivity contribution in [3.05, 3.63) is 49.9 Å². The van der Waals surface area contributed by atoms with Gasteiger partial charge in [-0.15, -0.1) is 11.3 Å². The van der Waals surface area contributed by atoms with Gasteiger partial charge in [0.15, 0.2) is 11.6 Å². The van der Waals surface area contributed by atoms with Gasteiger partial charge in [-0.05, 0) is 43.9 Å². The van der Waals surface area contributed by atoms with E-state index in [0.29, 0.717) is 52.9 Å². The normalized spacial score (nSPS) is 19.1. The van der Waals surface area contributed by atoms with Crippen molar-refractivity contribution in [2.24, 2.45) is 5.41 Å². The molecule has 11 heteroatoms. The first-order chi connectivity index (χ1) is 16.8. The second kappa shape index (κ2) is 8.81. The van der Waals surface area contributed by atoms with Crippen molar-refractivity contribution in [3.63, 3.8) is 0 Å². The lowest BCUT2D eigenvalue weighted by Gasteiger charge is -2.19. The number of hydrogen-bond donors (Lipinski definition) is 1. The third-order valence-corrected chi connectivity index (χ3v) is 8.19. The van der Waals surface area contributed by atoms with Crippen LogP contribution in [-0.2, 0) is 11.3 Å². The molecule has 1 saturated carbocycles. The van der Waals surface area contributed by atoms with Crippen LogP contribution < -0.4 is 21.3 Å². The summed E-state index contributed by atoms with van der Waals surface area (Å²) in [5.74, 6) is -0.821. The van der Waals surface area contributed by atoms with Crippen LogP contribution in [0.25, 0.3) is 20.7 Å². The molecule has 3 heterocycles. The van der Waals surface area contributed by atoms with Crippen LogP contribution in [0.15, 0.2) is 27.8 Å². The van der Waals surface area contributed by atoms with Crippen molar-refractivity contribution in [3.8, 4) is 22.3 Å². The number of aromatic nitrogens is 2. The second-order valence-electron chi connectivity index (χ2n) is 9.08. The van der Waals surface area contributed by atoms with E-state index in [0.717, 1.165) is 17.4 Å². The van der Waals surface area contributed by atoms with E-state index in [-0.39, 0.29) is 29.6 Å². The van der Waals surface area contributed by atoms with E-state index in [1.54, 1.807) is 6.07 Å². The Hall–Kier alpha value is -3.16. The van der Waals surface area contributed by atoms with E-state index in [4.69, 9.17) is 16.3 Å². The summed E-state index contributed by atoms with van der Waals surface area (Å²) in [5.41, 5.74) is -0.805. The van der Waals surface area contributed by atoms with Gasteiger partial charge in [0.2, 0.25) is 5.91 Å². The maximum atomic E-state index is 14.1. The molecule has 2 aromatic heterocycles. The summed E-state index contributed by atoms with van der Waals surface area (Å²) in [6, 6.07) is 6.00. The van der Waals surface area contributed by atoms with Gasteiger partial charge in [0, 0.05) is 30.0 Å². The first kappa shape index (κ1) is 23.6. The number of halogens is 2. The fourth-order valence-corrected chi connectivity index (χ4v) is 6.02. The quantitative estimate of drug-likeness (QED) is 0.554. The molecule has 1 aliphatic carbocycles. The standard InChI is InChI=1S/C24H22ClFN4O4S/c1-34-18-8-14(15(25)9-16(18)26)19-10-17-21(35-19)22(32)30(13-3-2-6-28-20(31)7-13)23(33)29(17)12-24(11-27)4-5-24/h8-10,13H,2-7,12H2,1H3,(H,28,31)/t13-/m1/s1. The van der Waals surface area contributed by atoms with Gasteiger partial charge < -0.3 is 10.1 Å². The minimum atomic E-state index is -0.654. The van der Waals surface area contributed by atoms with Crippen LogP contribution in [-0.4, -0.2) is 28.7 Å². The topological polar surface area (TPSA) is 106 Å². The summed E-state index contributed by atoms with van der Waals surface area (Å²) in [5, 5.41) is 12.6. The molecule has 8 nitrogen and oxygen atoms in total. The predicted octanol–water partition coefficient (Wildman–Crippen LogP) is 3.84. The average molecular weight is 517 g/mol. The molecule has 1 aliphatic heterocycles. The van der Waals surface area contributed by atoms with Crippen molar-refractivity contribution in [1.82, 2.24) is 14.5 Å². The summed E-state index contributed by atoms with van der Waals surface area (Å²) in [4.78, 5) is 40.1. The van der Waals surface area contributed by atoms with Crippen LogP contribution in [0.1, 0.15) is 38.1 Å². The molecule has 0 unspecified atom stereocenters. The number of rotatable bonds is 5. The van der Waals surface area contributed by atoms with Crippen molar-refractivity contribution in [2.45, 2.75) is 44.7 Å². The number of nitriles is 1. The first-order valence-corrected chi connectivity index (χ1v) is 12.5.